The van der Waals surface area contributed by atoms with E-state index in [9.17, 15) is 4.79 Å². The number of nitrogens with two attached hydrogens (primary N) is 2. The van der Waals surface area contributed by atoms with Crippen molar-refractivity contribution < 1.29 is 0 Å². The Bertz CT molecular complexity index is 924. The number of allylic oxidation sites excluding steroid dienone is 1. The number of nitrogen functional groups attached to an aromatic ring is 2. The van der Waals surface area contributed by atoms with Gasteiger partial charge in [0.1, 0.15) is 17.3 Å². The topological polar surface area (TPSA) is 105 Å². The van der Waals surface area contributed by atoms with Crippen molar-refractivity contribution in [2.75, 3.05) is 11.5 Å². The van der Waals surface area contributed by atoms with Crippen LogP contribution in [0.15, 0.2) is 35.4 Å². The Hall–Kier alpha value is -2.89. The molecule has 0 radical (unpaired) electrons. The fourth-order valence-electron chi connectivity index (χ4n) is 2.04. The van der Waals surface area contributed by atoms with Gasteiger partial charge in [-0.1, -0.05) is 12.5 Å². The highest BCUT2D eigenvalue weighted by atomic mass is 16.1. The Labute approximate surface area is 154 Å². The van der Waals surface area contributed by atoms with Crippen LogP contribution in [0.25, 0.3) is 5.65 Å². The molecule has 0 aliphatic rings. The third-order valence-corrected chi connectivity index (χ3v) is 4.33. The van der Waals surface area contributed by atoms with Crippen LogP contribution in [0.3, 0.4) is 0 Å². The summed E-state index contributed by atoms with van der Waals surface area (Å²) in [7, 11) is 0. The van der Waals surface area contributed by atoms with Gasteiger partial charge in [0, 0.05) is 18.5 Å². The van der Waals surface area contributed by atoms with Gasteiger partial charge in [-0.05, 0) is 63.3 Å². The van der Waals surface area contributed by atoms with Crippen LogP contribution in [-0.2, 0) is 0 Å². The molecule has 0 spiro atoms. The molecule has 6 nitrogen and oxygen atoms in total. The minimum Gasteiger partial charge on any atom is -0.385 e. The fourth-order valence-corrected chi connectivity index (χ4v) is 2.04. The Morgan fingerprint density at radius 3 is 2.12 bits per heavy atom. The van der Waals surface area contributed by atoms with Crippen molar-refractivity contribution in [2.24, 2.45) is 0 Å². The number of rotatable bonds is 1. The van der Waals surface area contributed by atoms with Crippen molar-refractivity contribution in [1.29, 1.82) is 0 Å². The van der Waals surface area contributed by atoms with E-state index in [0.717, 1.165) is 34.6 Å². The Kier molecular flexibility index (Phi) is 7.31. The summed E-state index contributed by atoms with van der Waals surface area (Å²) >= 11 is 0. The normalized spacial score (nSPS) is 9.92. The zero-order valence-corrected chi connectivity index (χ0v) is 16.7. The second-order valence-corrected chi connectivity index (χ2v) is 6.54. The predicted octanol–water partition coefficient (Wildman–Crippen LogP) is 4.01. The average Bonchev–Trinajstić information content (AvgIpc) is 3.03. The van der Waals surface area contributed by atoms with Crippen molar-refractivity contribution in [1.82, 2.24) is 14.4 Å². The van der Waals surface area contributed by atoms with E-state index in [-0.39, 0.29) is 5.56 Å². The molecule has 0 fully saturated rings. The van der Waals surface area contributed by atoms with Gasteiger partial charge in [-0.25, -0.2) is 0 Å². The lowest BCUT2D eigenvalue weighted by Crippen LogP contribution is -2.12. The van der Waals surface area contributed by atoms with Crippen molar-refractivity contribution in [2.45, 2.75) is 48.0 Å². The molecule has 0 saturated carbocycles. The van der Waals surface area contributed by atoms with E-state index in [1.54, 1.807) is 4.40 Å². The first kappa shape index (κ1) is 21.2. The van der Waals surface area contributed by atoms with Gasteiger partial charge in [-0.2, -0.15) is 0 Å². The average molecular weight is 358 g/mol. The van der Waals surface area contributed by atoms with Crippen molar-refractivity contribution in [3.8, 4) is 0 Å². The highest BCUT2D eigenvalue weighted by Crippen LogP contribution is 2.13. The smallest absolute Gasteiger partial charge is 0.259 e. The lowest BCUT2D eigenvalue weighted by Gasteiger charge is -1.97. The van der Waals surface area contributed by atoms with E-state index in [1.807, 2.05) is 47.0 Å². The van der Waals surface area contributed by atoms with E-state index in [1.165, 1.54) is 17.2 Å². The summed E-state index contributed by atoms with van der Waals surface area (Å²) in [5.74, 6) is 1.18. The molecule has 0 aromatic carbocycles. The Morgan fingerprint density at radius 2 is 1.73 bits per heavy atom. The molecule has 6 N–H and O–H groups in total. The van der Waals surface area contributed by atoms with E-state index in [2.05, 4.69) is 23.5 Å². The maximum atomic E-state index is 11.4. The maximum absolute atomic E-state index is 11.4. The monoisotopic (exact) mass is 357 g/mol. The Morgan fingerprint density at radius 1 is 1.15 bits per heavy atom. The number of hydrogen-bond acceptors (Lipinski definition) is 3. The SMILES string of the molecule is C=C(C)CC.Cc1c[nH]c(N)c1C.Cc1cn2c(=O)cc(N)[nH]c2c1C. The van der Waals surface area contributed by atoms with E-state index >= 15 is 0 Å². The van der Waals surface area contributed by atoms with Crippen LogP contribution >= 0.6 is 0 Å². The second-order valence-electron chi connectivity index (χ2n) is 6.54. The summed E-state index contributed by atoms with van der Waals surface area (Å²) < 4.78 is 1.57. The molecular formula is C20H31N5O. The maximum Gasteiger partial charge on any atom is 0.259 e. The molecule has 0 amide bonds. The standard InChI is InChI=1S/C9H11N3O.C6H10N2.C5H10/c1-5-4-12-8(13)3-7(10)11-9(12)6(5)2;1-4-3-8-6(7)5(4)2;1-4-5(2)3/h3-4,11H,10H2,1-2H3;3,8H,7H2,1-2H3;2,4H2,1,3H3. The van der Waals surface area contributed by atoms with Crippen LogP contribution in [0, 0.1) is 27.7 Å². The van der Waals surface area contributed by atoms with Gasteiger partial charge in [0.05, 0.1) is 0 Å². The quantitative estimate of drug-likeness (QED) is 0.494. The summed E-state index contributed by atoms with van der Waals surface area (Å²) in [5.41, 5.74) is 17.5. The van der Waals surface area contributed by atoms with Crippen molar-refractivity contribution >= 4 is 17.3 Å². The van der Waals surface area contributed by atoms with Gasteiger partial charge in [-0.3, -0.25) is 9.20 Å². The van der Waals surface area contributed by atoms with E-state index in [4.69, 9.17) is 11.5 Å². The number of hydrogen-bond donors (Lipinski definition) is 4. The number of aromatic amines is 2. The molecule has 0 aliphatic heterocycles. The molecule has 0 atom stereocenters. The summed E-state index contributed by atoms with van der Waals surface area (Å²) in [4.78, 5) is 17.3. The minimum atomic E-state index is -0.0950. The third-order valence-electron chi connectivity index (χ3n) is 4.33. The summed E-state index contributed by atoms with van der Waals surface area (Å²) in [6.45, 7) is 15.8. The van der Waals surface area contributed by atoms with Crippen molar-refractivity contribution in [3.63, 3.8) is 0 Å². The number of nitrogens with one attached hydrogen (secondary N) is 2. The van der Waals surface area contributed by atoms with Crippen LogP contribution in [0.4, 0.5) is 11.6 Å². The Balaban J connectivity index is 0.000000223. The van der Waals surface area contributed by atoms with Crippen LogP contribution < -0.4 is 17.0 Å². The molecule has 26 heavy (non-hydrogen) atoms. The van der Waals surface area contributed by atoms with Crippen LogP contribution in [0.2, 0.25) is 0 Å². The molecule has 3 heterocycles. The number of H-pyrrole nitrogens is 2. The van der Waals surface area contributed by atoms with E-state index < -0.39 is 0 Å². The molecular weight excluding hydrogens is 326 g/mol. The molecule has 0 bridgehead atoms. The number of aryl methyl sites for hydroxylation is 3. The van der Waals surface area contributed by atoms with Crippen LogP contribution in [0.1, 0.15) is 42.5 Å². The van der Waals surface area contributed by atoms with E-state index in [0.29, 0.717) is 5.82 Å². The minimum absolute atomic E-state index is 0.0950. The molecule has 0 aliphatic carbocycles. The molecule has 3 aromatic rings. The van der Waals surface area contributed by atoms with Gasteiger partial charge < -0.3 is 21.4 Å². The first-order valence-corrected chi connectivity index (χ1v) is 8.59. The number of fused-ring (bicyclic) bond motifs is 1. The summed E-state index contributed by atoms with van der Waals surface area (Å²) in [6, 6.07) is 1.38. The third kappa shape index (κ3) is 5.31. The van der Waals surface area contributed by atoms with Crippen LogP contribution in [0.5, 0.6) is 0 Å². The zero-order chi connectivity index (χ0) is 20.0. The molecule has 0 unspecified atom stereocenters. The lowest BCUT2D eigenvalue weighted by molar-refractivity contribution is 1.07. The second kappa shape index (κ2) is 8.99. The van der Waals surface area contributed by atoms with Crippen LogP contribution in [-0.4, -0.2) is 14.4 Å². The zero-order valence-electron chi connectivity index (χ0n) is 16.7. The lowest BCUT2D eigenvalue weighted by atomic mass is 10.2. The van der Waals surface area contributed by atoms with Gasteiger partial charge >= 0.3 is 0 Å². The summed E-state index contributed by atoms with van der Waals surface area (Å²) in [5, 5.41) is 0. The molecule has 3 rings (SSSR count). The molecule has 0 saturated heterocycles. The van der Waals surface area contributed by atoms with Crippen molar-refractivity contribution in [3.05, 3.63) is 63.2 Å². The van der Waals surface area contributed by atoms with Gasteiger partial charge in [-0.15, -0.1) is 6.58 Å². The number of aromatic nitrogens is 3. The number of anilines is 2. The van der Waals surface area contributed by atoms with Gasteiger partial charge in [0.25, 0.3) is 5.56 Å². The van der Waals surface area contributed by atoms with Gasteiger partial charge in [0.15, 0.2) is 0 Å². The highest BCUT2D eigenvalue weighted by Gasteiger charge is 2.05. The van der Waals surface area contributed by atoms with Gasteiger partial charge in [0.2, 0.25) is 0 Å². The molecule has 6 heteroatoms. The molecule has 3 aromatic heterocycles. The number of nitrogens with zero attached hydrogens (tertiary/aromatic N) is 1. The predicted molar refractivity (Wildman–Crippen MR) is 112 cm³/mol. The summed E-state index contributed by atoms with van der Waals surface area (Å²) in [6.07, 6.45) is 4.83. The fraction of sp³-hybridized carbons (Fsp3) is 0.350. The largest absolute Gasteiger partial charge is 0.385 e. The molecule has 142 valence electrons. The first-order valence-electron chi connectivity index (χ1n) is 8.59. The highest BCUT2D eigenvalue weighted by molar-refractivity contribution is 5.55. The first-order chi connectivity index (χ1) is 12.1.